The van der Waals surface area contributed by atoms with Crippen LogP contribution in [0.2, 0.25) is 0 Å². The first kappa shape index (κ1) is 17.3. The number of ether oxygens (including phenoxy) is 2. The van der Waals surface area contributed by atoms with Gasteiger partial charge in [0.15, 0.2) is 6.23 Å². The normalized spacial score (nSPS) is 15.3. The van der Waals surface area contributed by atoms with Gasteiger partial charge in [0.1, 0.15) is 18.2 Å². The number of aromatic nitrogens is 2. The minimum Gasteiger partial charge on any atom is -0.491 e. The van der Waals surface area contributed by atoms with Crippen LogP contribution in [0.1, 0.15) is 11.8 Å². The van der Waals surface area contributed by atoms with Crippen LogP contribution in [0.15, 0.2) is 60.0 Å². The summed E-state index contributed by atoms with van der Waals surface area (Å²) in [5, 5.41) is 13.6. The van der Waals surface area contributed by atoms with Gasteiger partial charge >= 0.3 is 0 Å². The van der Waals surface area contributed by atoms with E-state index in [0.717, 1.165) is 33.9 Å². The molecule has 27 heavy (non-hydrogen) atoms. The van der Waals surface area contributed by atoms with Gasteiger partial charge in [-0.05, 0) is 29.8 Å². The lowest BCUT2D eigenvalue weighted by molar-refractivity contribution is 0.146. The number of nitrogens with one attached hydrogen (secondary N) is 1. The van der Waals surface area contributed by atoms with Crippen LogP contribution in [-0.2, 0) is 4.74 Å². The van der Waals surface area contributed by atoms with E-state index in [1.807, 2.05) is 47.2 Å². The van der Waals surface area contributed by atoms with Crippen molar-refractivity contribution in [1.82, 2.24) is 9.55 Å². The second kappa shape index (κ2) is 7.61. The van der Waals surface area contributed by atoms with Crippen LogP contribution < -0.4 is 10.1 Å². The molecule has 0 saturated carbocycles. The van der Waals surface area contributed by atoms with E-state index in [2.05, 4.69) is 15.3 Å². The van der Waals surface area contributed by atoms with Crippen LogP contribution >= 0.6 is 0 Å². The van der Waals surface area contributed by atoms with Crippen LogP contribution in [0.3, 0.4) is 0 Å². The molecule has 7 heteroatoms. The fraction of sp³-hybridized carbons (Fsp3) is 0.200. The van der Waals surface area contributed by atoms with E-state index >= 15 is 0 Å². The first-order valence-corrected chi connectivity index (χ1v) is 8.62. The van der Waals surface area contributed by atoms with Gasteiger partial charge in [0.25, 0.3) is 0 Å². The number of nitrogens with zero attached hydrogens (tertiary/aromatic N) is 3. The molecule has 1 atom stereocenters. The number of aliphatic hydroxyl groups excluding tert-OH is 1. The van der Waals surface area contributed by atoms with Gasteiger partial charge in [0.05, 0.1) is 30.4 Å². The van der Waals surface area contributed by atoms with Gasteiger partial charge < -0.3 is 24.5 Å². The Labute approximate surface area is 156 Å². The number of rotatable bonds is 6. The predicted octanol–water partition coefficient (Wildman–Crippen LogP) is 3.01. The Kier molecular flexibility index (Phi) is 4.86. The molecule has 0 bridgehead atoms. The van der Waals surface area contributed by atoms with Gasteiger partial charge in [-0.2, -0.15) is 0 Å². The summed E-state index contributed by atoms with van der Waals surface area (Å²) in [6.07, 6.45) is 6.07. The molecule has 0 fully saturated rings. The standard InChI is InChI=1S/C20H20N4O3/c1-26-9-10-27-16-6-4-14(5-7-16)17-12-24(15-3-2-8-21-11-15)19-18(17)20(25)23-13-22-19/h2-8,11-13,20,25H,9-10H2,1H3,(H,22,23). The molecule has 4 rings (SSSR count). The molecule has 1 aromatic carbocycles. The smallest absolute Gasteiger partial charge is 0.177 e. The molecular formula is C20H20N4O3. The molecule has 1 aliphatic rings. The minimum atomic E-state index is -0.924. The molecule has 2 N–H and O–H groups in total. The van der Waals surface area contributed by atoms with Crippen molar-refractivity contribution >= 4 is 12.2 Å². The number of hydrogen-bond acceptors (Lipinski definition) is 6. The lowest BCUT2D eigenvalue weighted by Crippen LogP contribution is -2.12. The molecule has 3 aromatic rings. The van der Waals surface area contributed by atoms with Crippen LogP contribution in [-0.4, -0.2) is 41.3 Å². The summed E-state index contributed by atoms with van der Waals surface area (Å²) >= 11 is 0. The Morgan fingerprint density at radius 3 is 2.78 bits per heavy atom. The molecule has 7 nitrogen and oxygen atoms in total. The molecule has 0 radical (unpaired) electrons. The number of aliphatic imine (C=N–C) groups is 1. The molecule has 0 amide bonds. The number of anilines is 1. The number of methoxy groups -OCH3 is 1. The Morgan fingerprint density at radius 1 is 1.19 bits per heavy atom. The molecule has 0 saturated heterocycles. The predicted molar refractivity (Wildman–Crippen MR) is 103 cm³/mol. The first-order valence-electron chi connectivity index (χ1n) is 8.62. The van der Waals surface area contributed by atoms with Gasteiger partial charge in [-0.3, -0.25) is 4.98 Å². The fourth-order valence-corrected chi connectivity index (χ4v) is 3.08. The summed E-state index contributed by atoms with van der Waals surface area (Å²) in [6, 6.07) is 11.6. The van der Waals surface area contributed by atoms with Crippen LogP contribution in [0.5, 0.6) is 5.75 Å². The van der Waals surface area contributed by atoms with Crippen molar-refractivity contribution in [3.05, 3.63) is 60.6 Å². The van der Waals surface area contributed by atoms with Gasteiger partial charge in [0.2, 0.25) is 0 Å². The first-order chi connectivity index (χ1) is 13.3. The number of hydrogen-bond donors (Lipinski definition) is 2. The van der Waals surface area contributed by atoms with Crippen molar-refractivity contribution in [2.45, 2.75) is 6.23 Å². The van der Waals surface area contributed by atoms with Gasteiger partial charge in [-0.15, -0.1) is 0 Å². The minimum absolute atomic E-state index is 0.500. The number of benzene rings is 1. The third-order valence-electron chi connectivity index (χ3n) is 4.37. The molecule has 3 heterocycles. The molecule has 0 spiro atoms. The molecular weight excluding hydrogens is 344 g/mol. The van der Waals surface area contributed by atoms with Crippen molar-refractivity contribution in [2.75, 3.05) is 25.6 Å². The zero-order valence-electron chi connectivity index (χ0n) is 14.9. The Balaban J connectivity index is 1.72. The van der Waals surface area contributed by atoms with E-state index in [-0.39, 0.29) is 0 Å². The van der Waals surface area contributed by atoms with Crippen molar-refractivity contribution in [3.8, 4) is 22.6 Å². The third-order valence-corrected chi connectivity index (χ3v) is 4.37. The second-order valence-corrected chi connectivity index (χ2v) is 6.05. The van der Waals surface area contributed by atoms with E-state index in [4.69, 9.17) is 9.47 Å². The van der Waals surface area contributed by atoms with Crippen LogP contribution in [0, 0.1) is 0 Å². The average Bonchev–Trinajstić information content (AvgIpc) is 3.10. The van der Waals surface area contributed by atoms with Crippen LogP contribution in [0.4, 0.5) is 5.82 Å². The Hall–Kier alpha value is -3.16. The summed E-state index contributed by atoms with van der Waals surface area (Å²) < 4.78 is 12.6. The van der Waals surface area contributed by atoms with Gasteiger partial charge in [0, 0.05) is 25.1 Å². The summed E-state index contributed by atoms with van der Waals surface area (Å²) in [7, 11) is 1.64. The fourth-order valence-electron chi connectivity index (χ4n) is 3.08. The van der Waals surface area contributed by atoms with E-state index in [0.29, 0.717) is 13.2 Å². The summed E-state index contributed by atoms with van der Waals surface area (Å²) in [5.74, 6) is 1.55. The molecule has 0 aliphatic carbocycles. The van der Waals surface area contributed by atoms with Crippen molar-refractivity contribution in [3.63, 3.8) is 0 Å². The summed E-state index contributed by atoms with van der Waals surface area (Å²) in [6.45, 7) is 1.04. The van der Waals surface area contributed by atoms with Crippen LogP contribution in [0.25, 0.3) is 16.8 Å². The van der Waals surface area contributed by atoms with E-state index < -0.39 is 6.23 Å². The highest BCUT2D eigenvalue weighted by molar-refractivity contribution is 5.85. The van der Waals surface area contributed by atoms with E-state index in [1.165, 1.54) is 6.34 Å². The highest BCUT2D eigenvalue weighted by Crippen LogP contribution is 2.39. The SMILES string of the molecule is COCCOc1ccc(-c2cn(-c3cccnc3)c3c2C(O)N=CN3)cc1. The maximum atomic E-state index is 10.5. The maximum Gasteiger partial charge on any atom is 0.177 e. The number of fused-ring (bicyclic) bond motifs is 1. The largest absolute Gasteiger partial charge is 0.491 e. The maximum absolute atomic E-state index is 10.5. The lowest BCUT2D eigenvalue weighted by Gasteiger charge is -2.17. The average molecular weight is 364 g/mol. The van der Waals surface area contributed by atoms with Crippen molar-refractivity contribution in [1.29, 1.82) is 0 Å². The number of pyridine rings is 1. The Bertz CT molecular complexity index is 936. The highest BCUT2D eigenvalue weighted by Gasteiger charge is 2.25. The monoisotopic (exact) mass is 364 g/mol. The van der Waals surface area contributed by atoms with Gasteiger partial charge in [-0.1, -0.05) is 12.1 Å². The number of aliphatic hydroxyl groups is 1. The summed E-state index contributed by atoms with van der Waals surface area (Å²) in [5.41, 5.74) is 3.49. The molecule has 138 valence electrons. The third kappa shape index (κ3) is 3.42. The zero-order valence-corrected chi connectivity index (χ0v) is 14.9. The second-order valence-electron chi connectivity index (χ2n) is 6.05. The topological polar surface area (TPSA) is 80.9 Å². The zero-order chi connectivity index (χ0) is 18.6. The lowest BCUT2D eigenvalue weighted by atomic mass is 10.0. The van der Waals surface area contributed by atoms with Gasteiger partial charge in [-0.25, -0.2) is 4.99 Å². The summed E-state index contributed by atoms with van der Waals surface area (Å²) in [4.78, 5) is 8.27. The quantitative estimate of drug-likeness (QED) is 0.657. The molecule has 2 aromatic heterocycles. The van der Waals surface area contributed by atoms with E-state index in [9.17, 15) is 5.11 Å². The van der Waals surface area contributed by atoms with E-state index in [1.54, 1.807) is 19.5 Å². The Morgan fingerprint density at radius 2 is 2.04 bits per heavy atom. The molecule has 1 unspecified atom stereocenters. The molecule has 1 aliphatic heterocycles. The highest BCUT2D eigenvalue weighted by atomic mass is 16.5. The van der Waals surface area contributed by atoms with Crippen molar-refractivity contribution < 1.29 is 14.6 Å². The van der Waals surface area contributed by atoms with Crippen molar-refractivity contribution in [2.24, 2.45) is 4.99 Å².